The van der Waals surface area contributed by atoms with Crippen molar-refractivity contribution in [3.63, 3.8) is 0 Å². The van der Waals surface area contributed by atoms with E-state index >= 15 is 0 Å². The average Bonchev–Trinajstić information content (AvgIpc) is 1.83. The van der Waals surface area contributed by atoms with E-state index in [0.717, 1.165) is 0 Å². The zero-order valence-corrected chi connectivity index (χ0v) is 6.83. The largest absolute Gasteiger partial charge is 0.397 e. The molecular formula is C6H4BrClN. The van der Waals surface area contributed by atoms with Crippen molar-refractivity contribution < 1.29 is 0 Å². The van der Waals surface area contributed by atoms with Gasteiger partial charge in [0.2, 0.25) is 0 Å². The fourth-order valence-electron chi connectivity index (χ4n) is 0.468. The fourth-order valence-corrected chi connectivity index (χ4v) is 0.946. The number of nitrogens with two attached hydrogens (primary N) is 1. The summed E-state index contributed by atoms with van der Waals surface area (Å²) in [5, 5.41) is 0.525. The lowest BCUT2D eigenvalue weighted by molar-refractivity contribution is 1.62. The van der Waals surface area contributed by atoms with Gasteiger partial charge in [0.1, 0.15) is 0 Å². The topological polar surface area (TPSA) is 26.0 Å². The molecule has 1 aromatic rings. The Morgan fingerprint density at radius 1 is 1.67 bits per heavy atom. The van der Waals surface area contributed by atoms with Crippen LogP contribution in [0.3, 0.4) is 0 Å². The van der Waals surface area contributed by atoms with Gasteiger partial charge in [-0.25, -0.2) is 0 Å². The highest BCUT2D eigenvalue weighted by Crippen LogP contribution is 2.26. The Morgan fingerprint density at radius 3 is 2.78 bits per heavy atom. The number of hydrogen-bond donors (Lipinski definition) is 1. The van der Waals surface area contributed by atoms with Crippen LogP contribution in [-0.2, 0) is 0 Å². The Morgan fingerprint density at radius 2 is 2.33 bits per heavy atom. The molecular weight excluding hydrogens is 201 g/mol. The molecule has 0 atom stereocenters. The maximum absolute atomic E-state index is 5.67. The molecule has 0 bridgehead atoms. The van der Waals surface area contributed by atoms with Crippen LogP contribution in [0.15, 0.2) is 16.6 Å². The lowest BCUT2D eigenvalue weighted by Crippen LogP contribution is -1.84. The molecule has 0 heterocycles. The molecule has 0 saturated carbocycles. The number of benzene rings is 1. The monoisotopic (exact) mass is 204 g/mol. The van der Waals surface area contributed by atoms with Gasteiger partial charge in [0, 0.05) is 4.47 Å². The maximum Gasteiger partial charge on any atom is 0.0783 e. The van der Waals surface area contributed by atoms with E-state index in [4.69, 9.17) is 17.3 Å². The molecule has 0 amide bonds. The Balaban J connectivity index is 3.25. The van der Waals surface area contributed by atoms with Gasteiger partial charge in [-0.15, -0.1) is 0 Å². The van der Waals surface area contributed by atoms with Gasteiger partial charge < -0.3 is 5.73 Å². The minimum atomic E-state index is 0.525. The Bertz CT molecular complexity index is 204. The van der Waals surface area contributed by atoms with Crippen LogP contribution in [0.2, 0.25) is 5.02 Å². The van der Waals surface area contributed by atoms with E-state index in [1.54, 1.807) is 12.1 Å². The number of anilines is 1. The Labute approximate surface area is 66.9 Å². The normalized spacial score (nSPS) is 9.56. The molecule has 0 saturated heterocycles. The van der Waals surface area contributed by atoms with Crippen molar-refractivity contribution in [3.05, 3.63) is 27.7 Å². The van der Waals surface area contributed by atoms with Crippen molar-refractivity contribution in [1.29, 1.82) is 0 Å². The van der Waals surface area contributed by atoms with Crippen LogP contribution in [0.1, 0.15) is 0 Å². The van der Waals surface area contributed by atoms with Gasteiger partial charge in [0.25, 0.3) is 0 Å². The van der Waals surface area contributed by atoms with Crippen LogP contribution in [0, 0.1) is 6.07 Å². The molecule has 9 heavy (non-hydrogen) atoms. The van der Waals surface area contributed by atoms with Crippen molar-refractivity contribution in [2.75, 3.05) is 5.73 Å². The van der Waals surface area contributed by atoms with Crippen molar-refractivity contribution in [3.8, 4) is 0 Å². The van der Waals surface area contributed by atoms with Gasteiger partial charge >= 0.3 is 0 Å². The molecule has 47 valence electrons. The summed E-state index contributed by atoms with van der Waals surface area (Å²) in [7, 11) is 0. The van der Waals surface area contributed by atoms with Gasteiger partial charge in [-0.2, -0.15) is 0 Å². The molecule has 1 rings (SSSR count). The zero-order chi connectivity index (χ0) is 6.85. The van der Waals surface area contributed by atoms with Crippen LogP contribution >= 0.6 is 27.5 Å². The first kappa shape index (κ1) is 6.90. The lowest BCUT2D eigenvalue weighted by atomic mass is 10.3. The van der Waals surface area contributed by atoms with Crippen molar-refractivity contribution in [1.82, 2.24) is 0 Å². The zero-order valence-electron chi connectivity index (χ0n) is 4.49. The Kier molecular flexibility index (Phi) is 1.98. The summed E-state index contributed by atoms with van der Waals surface area (Å²) in [6, 6.07) is 6.26. The number of halogens is 2. The smallest absolute Gasteiger partial charge is 0.0783 e. The van der Waals surface area contributed by atoms with Crippen molar-refractivity contribution in [2.24, 2.45) is 0 Å². The molecule has 0 fully saturated rings. The van der Waals surface area contributed by atoms with Crippen LogP contribution in [-0.4, -0.2) is 0 Å². The van der Waals surface area contributed by atoms with Crippen LogP contribution in [0.5, 0.6) is 0 Å². The standard InChI is InChI=1S/C6H4BrClN/c7-4-2-1-3-5(9)6(4)8/h1,3H,9H2. The van der Waals surface area contributed by atoms with Crippen molar-refractivity contribution >= 4 is 33.2 Å². The van der Waals surface area contributed by atoms with E-state index in [9.17, 15) is 0 Å². The van der Waals surface area contributed by atoms with E-state index in [2.05, 4.69) is 22.0 Å². The number of hydrogen-bond acceptors (Lipinski definition) is 1. The first-order chi connectivity index (χ1) is 4.22. The molecule has 0 aliphatic carbocycles. The molecule has 1 radical (unpaired) electrons. The highest BCUT2D eigenvalue weighted by molar-refractivity contribution is 9.10. The SMILES string of the molecule is Nc1cc[c]c(Br)c1Cl. The van der Waals surface area contributed by atoms with Gasteiger partial charge in [-0.05, 0) is 28.1 Å². The van der Waals surface area contributed by atoms with Gasteiger partial charge in [-0.3, -0.25) is 0 Å². The summed E-state index contributed by atoms with van der Waals surface area (Å²) in [5.74, 6) is 0. The first-order valence-corrected chi connectivity index (χ1v) is 3.50. The number of nitrogen functional groups attached to an aromatic ring is 1. The van der Waals surface area contributed by atoms with Crippen molar-refractivity contribution in [2.45, 2.75) is 0 Å². The molecule has 0 unspecified atom stereocenters. The predicted octanol–water partition coefficient (Wildman–Crippen LogP) is 2.48. The van der Waals surface area contributed by atoms with Gasteiger partial charge in [0.05, 0.1) is 10.7 Å². The maximum atomic E-state index is 5.67. The second-order valence-corrected chi connectivity index (χ2v) is 2.73. The quantitative estimate of drug-likeness (QED) is 0.647. The fraction of sp³-hybridized carbons (Fsp3) is 0. The molecule has 0 aromatic heterocycles. The van der Waals surface area contributed by atoms with E-state index in [-0.39, 0.29) is 0 Å². The van der Waals surface area contributed by atoms with Crippen LogP contribution in [0.4, 0.5) is 5.69 Å². The molecule has 2 N–H and O–H groups in total. The van der Waals surface area contributed by atoms with E-state index in [1.165, 1.54) is 0 Å². The van der Waals surface area contributed by atoms with Crippen LogP contribution < -0.4 is 5.73 Å². The Hall–Kier alpha value is -0.210. The summed E-state index contributed by atoms with van der Waals surface area (Å²) in [5.41, 5.74) is 6.01. The predicted molar refractivity (Wildman–Crippen MR) is 42.4 cm³/mol. The van der Waals surface area contributed by atoms with Gasteiger partial charge in [0.15, 0.2) is 0 Å². The third-order valence-corrected chi connectivity index (χ3v) is 2.18. The highest BCUT2D eigenvalue weighted by Gasteiger charge is 1.97. The second kappa shape index (κ2) is 2.58. The molecule has 0 spiro atoms. The lowest BCUT2D eigenvalue weighted by Gasteiger charge is -1.96. The highest BCUT2D eigenvalue weighted by atomic mass is 79.9. The summed E-state index contributed by atoms with van der Waals surface area (Å²) in [6.07, 6.45) is 0. The van der Waals surface area contributed by atoms with Gasteiger partial charge in [-0.1, -0.05) is 17.7 Å². The summed E-state index contributed by atoms with van der Waals surface area (Å²) in [4.78, 5) is 0. The molecule has 1 nitrogen and oxygen atoms in total. The third kappa shape index (κ3) is 1.37. The minimum Gasteiger partial charge on any atom is -0.397 e. The second-order valence-electron chi connectivity index (χ2n) is 1.56. The number of rotatable bonds is 0. The average molecular weight is 205 g/mol. The summed E-state index contributed by atoms with van der Waals surface area (Å²) < 4.78 is 0.712. The van der Waals surface area contributed by atoms with Crippen LogP contribution in [0.25, 0.3) is 0 Å². The molecule has 3 heteroatoms. The summed E-state index contributed by atoms with van der Waals surface area (Å²) in [6.45, 7) is 0. The first-order valence-electron chi connectivity index (χ1n) is 2.33. The molecule has 0 aliphatic rings. The van der Waals surface area contributed by atoms with E-state index in [1.807, 2.05) is 0 Å². The molecule has 0 aliphatic heterocycles. The van der Waals surface area contributed by atoms with E-state index in [0.29, 0.717) is 15.2 Å². The minimum absolute atomic E-state index is 0.525. The molecule has 1 aromatic carbocycles. The van der Waals surface area contributed by atoms with E-state index < -0.39 is 0 Å². The third-order valence-electron chi connectivity index (χ3n) is 0.919. The summed E-state index contributed by atoms with van der Waals surface area (Å²) >= 11 is 8.85.